The first-order valence-corrected chi connectivity index (χ1v) is 10.3. The van der Waals surface area contributed by atoms with E-state index in [2.05, 4.69) is 38.9 Å². The van der Waals surface area contributed by atoms with Gasteiger partial charge in [-0.3, -0.25) is 30.6 Å². The number of hydrogen-bond acceptors (Lipinski definition) is 8. The zero-order chi connectivity index (χ0) is 25.3. The molecule has 4 N–H and O–H groups in total. The van der Waals surface area contributed by atoms with Crippen LogP contribution in [0, 0.1) is 10.1 Å². The van der Waals surface area contributed by atoms with E-state index < -0.39 is 40.5 Å². The summed E-state index contributed by atoms with van der Waals surface area (Å²) in [5, 5.41) is 15.5. The zero-order valence-corrected chi connectivity index (χ0v) is 18.8. The topological polar surface area (TPSA) is 135 Å². The highest BCUT2D eigenvalue weighted by Gasteiger charge is 2.31. The molecule has 2 aromatic rings. The molecule has 0 saturated heterocycles. The first kappa shape index (κ1) is 26.7. The first-order chi connectivity index (χ1) is 15.9. The van der Waals surface area contributed by atoms with Crippen molar-refractivity contribution in [2.24, 2.45) is 0 Å². The van der Waals surface area contributed by atoms with Crippen molar-refractivity contribution in [3.63, 3.8) is 0 Å². The molecule has 1 amide bonds. The molecule has 0 aliphatic heterocycles. The lowest BCUT2D eigenvalue weighted by molar-refractivity contribution is -0.384. The van der Waals surface area contributed by atoms with Crippen LogP contribution in [0.4, 0.5) is 30.2 Å². The Morgan fingerprint density at radius 1 is 1.12 bits per heavy atom. The highest BCUT2D eigenvalue weighted by atomic mass is 32.1. The summed E-state index contributed by atoms with van der Waals surface area (Å²) in [6.45, 7) is 0. The van der Waals surface area contributed by atoms with E-state index in [1.165, 1.54) is 36.4 Å². The second-order valence-corrected chi connectivity index (χ2v) is 7.62. The molecule has 0 aliphatic carbocycles. The number of hydrazine groups is 1. The van der Waals surface area contributed by atoms with E-state index in [1.54, 1.807) is 0 Å². The number of anilines is 2. The molecule has 2 aromatic carbocycles. The average Bonchev–Trinajstić information content (AvgIpc) is 2.72. The molecule has 0 aromatic heterocycles. The van der Waals surface area contributed by atoms with Gasteiger partial charge in [0.25, 0.3) is 5.69 Å². The largest absolute Gasteiger partial charge is 0.573 e. The van der Waals surface area contributed by atoms with E-state index >= 15 is 0 Å². The Morgan fingerprint density at radius 2 is 1.79 bits per heavy atom. The van der Waals surface area contributed by atoms with Gasteiger partial charge in [-0.05, 0) is 42.5 Å². The summed E-state index contributed by atoms with van der Waals surface area (Å²) < 4.78 is 40.3. The van der Waals surface area contributed by atoms with Crippen LogP contribution in [0.1, 0.15) is 12.8 Å². The molecule has 0 aliphatic rings. The normalized spacial score (nSPS) is 11.6. The van der Waals surface area contributed by atoms with Crippen LogP contribution in [0.3, 0.4) is 0 Å². The summed E-state index contributed by atoms with van der Waals surface area (Å²) in [6, 6.07) is 10.4. The standard InChI is InChI=1S/C19H18F3N5O5S2/c20-19(21,22)32-15-6-4-11(5-7-15)23-17(33)10-14(28)9-16(29)25-26-18(34)24-12-2-1-3-13(8-12)27(30)31/h1-8,17,23,33H,9-10H2,(H,25,29)(H2,24,26,34). The van der Waals surface area contributed by atoms with Crippen molar-refractivity contribution in [2.75, 3.05) is 10.6 Å². The fourth-order valence-electron chi connectivity index (χ4n) is 2.49. The van der Waals surface area contributed by atoms with Gasteiger partial charge < -0.3 is 15.4 Å². The molecule has 15 heteroatoms. The van der Waals surface area contributed by atoms with Gasteiger partial charge in [0.15, 0.2) is 5.11 Å². The van der Waals surface area contributed by atoms with Crippen LogP contribution in [0.2, 0.25) is 0 Å². The molecule has 0 fully saturated rings. The minimum atomic E-state index is -4.80. The van der Waals surface area contributed by atoms with E-state index in [0.717, 1.165) is 12.1 Å². The number of thiol groups is 1. The number of nitro groups is 1. The van der Waals surface area contributed by atoms with Crippen molar-refractivity contribution in [2.45, 2.75) is 24.6 Å². The number of alkyl halides is 3. The smallest absolute Gasteiger partial charge is 0.406 e. The summed E-state index contributed by atoms with van der Waals surface area (Å²) in [5.41, 5.74) is 5.15. The van der Waals surface area contributed by atoms with Crippen LogP contribution in [-0.2, 0) is 9.59 Å². The Kier molecular flexibility index (Phi) is 9.44. The third kappa shape index (κ3) is 9.91. The molecule has 1 atom stereocenters. The number of hydrogen-bond donors (Lipinski definition) is 5. The van der Waals surface area contributed by atoms with E-state index in [9.17, 15) is 32.9 Å². The highest BCUT2D eigenvalue weighted by Crippen LogP contribution is 2.24. The van der Waals surface area contributed by atoms with Crippen molar-refractivity contribution in [3.8, 4) is 5.75 Å². The monoisotopic (exact) mass is 517 g/mol. The molecule has 182 valence electrons. The number of carbonyl (C=O) groups excluding carboxylic acids is 2. The van der Waals surface area contributed by atoms with Crippen molar-refractivity contribution in [1.82, 2.24) is 10.9 Å². The second kappa shape index (κ2) is 12.0. The average molecular weight is 518 g/mol. The lowest BCUT2D eigenvalue weighted by Crippen LogP contribution is -2.44. The number of amides is 1. The molecule has 2 rings (SSSR count). The summed E-state index contributed by atoms with van der Waals surface area (Å²) >= 11 is 9.16. The van der Waals surface area contributed by atoms with E-state index in [-0.39, 0.29) is 17.2 Å². The zero-order valence-electron chi connectivity index (χ0n) is 17.1. The van der Waals surface area contributed by atoms with Gasteiger partial charge in [-0.2, -0.15) is 12.6 Å². The maximum absolute atomic E-state index is 12.2. The lowest BCUT2D eigenvalue weighted by atomic mass is 10.2. The van der Waals surface area contributed by atoms with E-state index in [1.807, 2.05) is 0 Å². The van der Waals surface area contributed by atoms with Crippen LogP contribution in [0.25, 0.3) is 0 Å². The molecule has 0 bridgehead atoms. The Balaban J connectivity index is 1.72. The summed E-state index contributed by atoms with van der Waals surface area (Å²) in [7, 11) is 0. The molecule has 10 nitrogen and oxygen atoms in total. The molecule has 34 heavy (non-hydrogen) atoms. The molecule has 0 saturated carbocycles. The summed E-state index contributed by atoms with van der Waals surface area (Å²) in [5.74, 6) is -1.56. The van der Waals surface area contributed by atoms with Gasteiger partial charge in [-0.15, -0.1) is 13.2 Å². The van der Waals surface area contributed by atoms with Crippen molar-refractivity contribution in [3.05, 3.63) is 58.6 Å². The van der Waals surface area contributed by atoms with Gasteiger partial charge in [0.1, 0.15) is 11.5 Å². The van der Waals surface area contributed by atoms with Gasteiger partial charge in [0, 0.05) is 29.9 Å². The Hall–Kier alpha value is -3.59. The van der Waals surface area contributed by atoms with E-state index in [4.69, 9.17) is 12.2 Å². The number of nitro benzene ring substituents is 1. The number of halogens is 3. The van der Waals surface area contributed by atoms with Crippen LogP contribution in [0.15, 0.2) is 48.5 Å². The van der Waals surface area contributed by atoms with Crippen LogP contribution in [0.5, 0.6) is 5.75 Å². The molecule has 0 spiro atoms. The minimum Gasteiger partial charge on any atom is -0.406 e. The van der Waals surface area contributed by atoms with Gasteiger partial charge in [-0.1, -0.05) is 6.07 Å². The second-order valence-electron chi connectivity index (χ2n) is 6.59. The van der Waals surface area contributed by atoms with E-state index in [0.29, 0.717) is 11.4 Å². The number of Topliss-reactive ketones (excluding diaryl/α,β-unsaturated/α-hetero) is 1. The Morgan fingerprint density at radius 3 is 2.41 bits per heavy atom. The lowest BCUT2D eigenvalue weighted by Gasteiger charge is -2.15. The number of non-ortho nitro benzene ring substituents is 1. The number of nitrogens with one attached hydrogen (secondary N) is 4. The molecular formula is C19H18F3N5O5S2. The van der Waals surface area contributed by atoms with Gasteiger partial charge >= 0.3 is 6.36 Å². The first-order valence-electron chi connectivity index (χ1n) is 9.33. The number of ketones is 1. The van der Waals surface area contributed by atoms with Crippen molar-refractivity contribution >= 4 is 58.7 Å². The summed E-state index contributed by atoms with van der Waals surface area (Å²) in [4.78, 5) is 34.2. The third-order valence-corrected chi connectivity index (χ3v) is 4.35. The number of benzene rings is 2. The van der Waals surface area contributed by atoms with Gasteiger partial charge in [-0.25, -0.2) is 0 Å². The summed E-state index contributed by atoms with van der Waals surface area (Å²) in [6.07, 6.45) is -5.46. The molecule has 1 unspecified atom stereocenters. The van der Waals surface area contributed by atoms with Gasteiger partial charge in [0.05, 0.1) is 16.7 Å². The predicted octanol–water partition coefficient (Wildman–Crippen LogP) is 3.53. The maximum atomic E-state index is 12.2. The number of ether oxygens (including phenoxy) is 1. The van der Waals surface area contributed by atoms with Crippen LogP contribution >= 0.6 is 24.8 Å². The van der Waals surface area contributed by atoms with Crippen molar-refractivity contribution in [1.29, 1.82) is 0 Å². The molecular weight excluding hydrogens is 499 g/mol. The number of carbonyl (C=O) groups is 2. The van der Waals surface area contributed by atoms with Crippen LogP contribution < -0.4 is 26.2 Å². The van der Waals surface area contributed by atoms with Crippen LogP contribution in [-0.4, -0.2) is 33.5 Å². The third-order valence-electron chi connectivity index (χ3n) is 3.83. The molecule has 0 radical (unpaired) electrons. The number of rotatable bonds is 9. The number of nitrogens with zero attached hydrogens (tertiary/aromatic N) is 1. The predicted molar refractivity (Wildman–Crippen MR) is 124 cm³/mol. The SMILES string of the molecule is O=C(CC(=O)NNC(=S)Nc1cccc([N+](=O)[O-])c1)CC(S)Nc1ccc(OC(F)(F)F)cc1. The minimum absolute atomic E-state index is 0.0621. The highest BCUT2D eigenvalue weighted by molar-refractivity contribution is 7.81. The quantitative estimate of drug-likeness (QED) is 0.0846. The van der Waals surface area contributed by atoms with Gasteiger partial charge in [0.2, 0.25) is 5.91 Å². The van der Waals surface area contributed by atoms with Crippen molar-refractivity contribution < 1.29 is 32.4 Å². The maximum Gasteiger partial charge on any atom is 0.573 e. The fourth-order valence-corrected chi connectivity index (χ4v) is 3.01. The Labute approximate surface area is 201 Å². The fraction of sp³-hybridized carbons (Fsp3) is 0.211. The Bertz CT molecular complexity index is 1050. The number of thiocarbonyl (C=S) groups is 1. The molecule has 0 heterocycles.